The number of carbonyl (C=O) groups is 1. The monoisotopic (exact) mass is 205 g/mol. The summed E-state index contributed by atoms with van der Waals surface area (Å²) >= 11 is 0. The fraction of sp³-hybridized carbons (Fsp3) is 0.250. The van der Waals surface area contributed by atoms with Gasteiger partial charge in [-0.15, -0.1) is 12.3 Å². The van der Waals surface area contributed by atoms with Gasteiger partial charge in [0, 0.05) is 13.0 Å². The van der Waals surface area contributed by atoms with Gasteiger partial charge >= 0.3 is 0 Å². The predicted molar refractivity (Wildman–Crippen MR) is 56.6 cm³/mol. The minimum atomic E-state index is -0.300. The minimum absolute atomic E-state index is 0.100. The molecule has 0 fully saturated rings. The molecule has 0 bridgehead atoms. The van der Waals surface area contributed by atoms with Crippen LogP contribution < -0.4 is 5.32 Å². The van der Waals surface area contributed by atoms with E-state index in [0.717, 1.165) is 5.56 Å². The number of terminal acetylenes is 1. The number of hydrogen-bond donors (Lipinski definition) is 1. The zero-order valence-electron chi connectivity index (χ0n) is 8.29. The van der Waals surface area contributed by atoms with Gasteiger partial charge < -0.3 is 5.32 Å². The van der Waals surface area contributed by atoms with Gasteiger partial charge in [0.15, 0.2) is 0 Å². The number of nitrogens with one attached hydrogen (secondary N) is 1. The summed E-state index contributed by atoms with van der Waals surface area (Å²) in [6, 6.07) is 5.86. The molecule has 1 rings (SSSR count). The van der Waals surface area contributed by atoms with E-state index in [2.05, 4.69) is 11.2 Å². The molecule has 0 spiro atoms. The lowest BCUT2D eigenvalue weighted by Crippen LogP contribution is -2.25. The molecule has 0 aliphatic rings. The lowest BCUT2D eigenvalue weighted by atomic mass is 10.1. The molecule has 0 atom stereocenters. The average molecular weight is 205 g/mol. The van der Waals surface area contributed by atoms with Crippen LogP contribution in [0.2, 0.25) is 0 Å². The third-order valence-electron chi connectivity index (χ3n) is 1.87. The molecule has 0 aliphatic heterocycles. The van der Waals surface area contributed by atoms with Crippen molar-refractivity contribution in [2.75, 3.05) is 6.54 Å². The Hall–Kier alpha value is -1.82. The van der Waals surface area contributed by atoms with E-state index in [1.54, 1.807) is 12.1 Å². The topological polar surface area (TPSA) is 29.1 Å². The zero-order valence-corrected chi connectivity index (χ0v) is 8.29. The molecule has 1 aromatic carbocycles. The first-order valence-corrected chi connectivity index (χ1v) is 4.67. The Kier molecular flexibility index (Phi) is 4.36. The average Bonchev–Trinajstić information content (AvgIpc) is 2.22. The molecule has 0 saturated heterocycles. The molecule has 3 heteroatoms. The summed E-state index contributed by atoms with van der Waals surface area (Å²) in [7, 11) is 0. The Morgan fingerprint density at radius 1 is 1.40 bits per heavy atom. The van der Waals surface area contributed by atoms with E-state index < -0.39 is 0 Å². The molecule has 1 aromatic rings. The molecule has 0 radical (unpaired) electrons. The maximum Gasteiger partial charge on any atom is 0.224 e. The van der Waals surface area contributed by atoms with Crippen molar-refractivity contribution in [1.82, 2.24) is 5.32 Å². The van der Waals surface area contributed by atoms with Crippen molar-refractivity contribution in [2.24, 2.45) is 0 Å². The third kappa shape index (κ3) is 4.28. The van der Waals surface area contributed by atoms with Crippen LogP contribution in [0.1, 0.15) is 12.0 Å². The summed E-state index contributed by atoms with van der Waals surface area (Å²) < 4.78 is 12.5. The van der Waals surface area contributed by atoms with Crippen molar-refractivity contribution in [3.63, 3.8) is 0 Å². The minimum Gasteiger partial charge on any atom is -0.355 e. The van der Waals surface area contributed by atoms with E-state index in [0.29, 0.717) is 13.0 Å². The van der Waals surface area contributed by atoms with Crippen molar-refractivity contribution >= 4 is 5.91 Å². The Morgan fingerprint density at radius 3 is 2.67 bits per heavy atom. The molecule has 0 unspecified atom stereocenters. The Labute approximate surface area is 88.5 Å². The molecule has 0 saturated carbocycles. The van der Waals surface area contributed by atoms with Crippen LogP contribution in [-0.4, -0.2) is 12.5 Å². The lowest BCUT2D eigenvalue weighted by Gasteiger charge is -2.02. The summed E-state index contributed by atoms with van der Waals surface area (Å²) in [5.74, 6) is 2.03. The highest BCUT2D eigenvalue weighted by Gasteiger charge is 2.01. The van der Waals surface area contributed by atoms with Crippen LogP contribution >= 0.6 is 0 Å². The number of rotatable bonds is 4. The van der Waals surface area contributed by atoms with E-state index in [4.69, 9.17) is 6.42 Å². The van der Waals surface area contributed by atoms with Crippen LogP contribution in [0.15, 0.2) is 24.3 Å². The number of halogens is 1. The first-order valence-electron chi connectivity index (χ1n) is 4.67. The quantitative estimate of drug-likeness (QED) is 0.586. The highest BCUT2D eigenvalue weighted by molar-refractivity contribution is 5.78. The number of amides is 1. The molecule has 2 nitrogen and oxygen atoms in total. The zero-order chi connectivity index (χ0) is 11.1. The summed E-state index contributed by atoms with van der Waals surface area (Å²) in [4.78, 5) is 11.3. The van der Waals surface area contributed by atoms with Gasteiger partial charge in [0.2, 0.25) is 5.91 Å². The van der Waals surface area contributed by atoms with E-state index >= 15 is 0 Å². The standard InChI is InChI=1S/C12H12FNO/c1-2-3-8-14-12(15)9-10-4-6-11(13)7-5-10/h1,4-7H,3,8-9H2,(H,14,15). The molecule has 0 heterocycles. The third-order valence-corrected chi connectivity index (χ3v) is 1.87. The molecule has 0 aromatic heterocycles. The van der Waals surface area contributed by atoms with E-state index in [1.807, 2.05) is 0 Å². The van der Waals surface area contributed by atoms with Gasteiger partial charge in [0.05, 0.1) is 6.42 Å². The van der Waals surface area contributed by atoms with Crippen molar-refractivity contribution in [2.45, 2.75) is 12.8 Å². The highest BCUT2D eigenvalue weighted by atomic mass is 19.1. The van der Waals surface area contributed by atoms with E-state index in [9.17, 15) is 9.18 Å². The van der Waals surface area contributed by atoms with Gasteiger partial charge in [-0.2, -0.15) is 0 Å². The van der Waals surface area contributed by atoms with Crippen molar-refractivity contribution in [3.05, 3.63) is 35.6 Å². The van der Waals surface area contributed by atoms with Crippen LogP contribution in [0.4, 0.5) is 4.39 Å². The molecular weight excluding hydrogens is 193 g/mol. The summed E-state index contributed by atoms with van der Waals surface area (Å²) in [5, 5.41) is 2.67. The van der Waals surface area contributed by atoms with Gasteiger partial charge in [-0.3, -0.25) is 4.79 Å². The fourth-order valence-electron chi connectivity index (χ4n) is 1.12. The first kappa shape index (κ1) is 11.3. The van der Waals surface area contributed by atoms with Gasteiger partial charge in [-0.25, -0.2) is 4.39 Å². The predicted octanol–water partition coefficient (Wildman–Crippen LogP) is 1.51. The SMILES string of the molecule is C#CCCNC(=O)Cc1ccc(F)cc1. The number of benzene rings is 1. The van der Waals surface area contributed by atoms with Crippen LogP contribution in [-0.2, 0) is 11.2 Å². The van der Waals surface area contributed by atoms with Crippen molar-refractivity contribution in [1.29, 1.82) is 0 Å². The maximum atomic E-state index is 12.5. The van der Waals surface area contributed by atoms with Crippen LogP contribution in [0.5, 0.6) is 0 Å². The van der Waals surface area contributed by atoms with Gasteiger partial charge in [-0.05, 0) is 17.7 Å². The van der Waals surface area contributed by atoms with E-state index in [-0.39, 0.29) is 18.1 Å². The normalized spacial score (nSPS) is 9.33. The van der Waals surface area contributed by atoms with Crippen molar-refractivity contribution in [3.8, 4) is 12.3 Å². The fourth-order valence-corrected chi connectivity index (χ4v) is 1.12. The van der Waals surface area contributed by atoms with Gasteiger partial charge in [-0.1, -0.05) is 12.1 Å². The second-order valence-corrected chi connectivity index (χ2v) is 3.11. The molecular formula is C12H12FNO. The second-order valence-electron chi connectivity index (χ2n) is 3.11. The van der Waals surface area contributed by atoms with Crippen LogP contribution in [0, 0.1) is 18.2 Å². The maximum absolute atomic E-state index is 12.5. The van der Waals surface area contributed by atoms with Crippen LogP contribution in [0.3, 0.4) is 0 Å². The number of hydrogen-bond acceptors (Lipinski definition) is 1. The van der Waals surface area contributed by atoms with E-state index in [1.165, 1.54) is 12.1 Å². The van der Waals surface area contributed by atoms with Crippen molar-refractivity contribution < 1.29 is 9.18 Å². The molecule has 15 heavy (non-hydrogen) atoms. The smallest absolute Gasteiger partial charge is 0.224 e. The first-order chi connectivity index (χ1) is 7.22. The summed E-state index contributed by atoms with van der Waals surface area (Å²) in [6.45, 7) is 0.483. The largest absolute Gasteiger partial charge is 0.355 e. The summed E-state index contributed by atoms with van der Waals surface area (Å²) in [5.41, 5.74) is 0.787. The lowest BCUT2D eigenvalue weighted by molar-refractivity contribution is -0.120. The molecule has 0 aliphatic carbocycles. The molecule has 1 amide bonds. The molecule has 78 valence electrons. The number of carbonyl (C=O) groups excluding carboxylic acids is 1. The Bertz CT molecular complexity index is 364. The second kappa shape index (κ2) is 5.82. The summed E-state index contributed by atoms with van der Waals surface area (Å²) in [6.07, 6.45) is 5.82. The highest BCUT2D eigenvalue weighted by Crippen LogP contribution is 2.03. The Morgan fingerprint density at radius 2 is 2.07 bits per heavy atom. The van der Waals surface area contributed by atoms with Gasteiger partial charge in [0.25, 0.3) is 0 Å². The van der Waals surface area contributed by atoms with Gasteiger partial charge in [0.1, 0.15) is 5.82 Å². The molecule has 1 N–H and O–H groups in total. The Balaban J connectivity index is 2.38. The van der Waals surface area contributed by atoms with Crippen LogP contribution in [0.25, 0.3) is 0 Å².